The van der Waals surface area contributed by atoms with E-state index in [4.69, 9.17) is 30.4 Å². The average Bonchev–Trinajstić information content (AvgIpc) is 3.29. The maximum atomic E-state index is 13.8. The molecule has 2 aromatic rings. The van der Waals surface area contributed by atoms with Gasteiger partial charge < -0.3 is 23.5 Å². The molecule has 0 saturated carbocycles. The molecule has 9 heteroatoms. The SMILES string of the molecule is CCC1(c2cccc3c2OC(F)(F)O3)Cc2c(ccc(Cl)c2B2OC(C)(C)C(C)(C)O2)O1. The lowest BCUT2D eigenvalue weighted by molar-refractivity contribution is -0.287. The predicted octanol–water partition coefficient (Wildman–Crippen LogP) is 5.20. The molecule has 170 valence electrons. The number of ether oxygens (including phenoxy) is 3. The summed E-state index contributed by atoms with van der Waals surface area (Å²) < 4.78 is 56.1. The van der Waals surface area contributed by atoms with Crippen LogP contribution in [-0.4, -0.2) is 24.6 Å². The molecule has 3 aliphatic heterocycles. The Hall–Kier alpha value is -2.03. The number of hydrogen-bond acceptors (Lipinski definition) is 5. The Bertz CT molecular complexity index is 1090. The van der Waals surface area contributed by atoms with E-state index in [1.807, 2.05) is 34.6 Å². The van der Waals surface area contributed by atoms with E-state index in [1.165, 1.54) is 6.07 Å². The summed E-state index contributed by atoms with van der Waals surface area (Å²) in [7, 11) is -0.677. The van der Waals surface area contributed by atoms with Crippen molar-refractivity contribution in [3.8, 4) is 17.2 Å². The third-order valence-electron chi connectivity index (χ3n) is 7.01. The van der Waals surface area contributed by atoms with E-state index in [1.54, 1.807) is 24.3 Å². The van der Waals surface area contributed by atoms with Gasteiger partial charge in [-0.05, 0) is 57.9 Å². The summed E-state index contributed by atoms with van der Waals surface area (Å²) in [5, 5.41) is 0.502. The smallest absolute Gasteiger partial charge is 0.482 e. The number of para-hydroxylation sites is 1. The van der Waals surface area contributed by atoms with Gasteiger partial charge >= 0.3 is 13.4 Å². The monoisotopic (exact) mass is 464 g/mol. The summed E-state index contributed by atoms with van der Waals surface area (Å²) in [6, 6.07) is 8.38. The Labute approximate surface area is 191 Å². The largest absolute Gasteiger partial charge is 0.586 e. The van der Waals surface area contributed by atoms with Gasteiger partial charge in [-0.25, -0.2) is 0 Å². The quantitative estimate of drug-likeness (QED) is 0.584. The first-order valence-electron chi connectivity index (χ1n) is 10.6. The van der Waals surface area contributed by atoms with Crippen LogP contribution in [0.1, 0.15) is 52.2 Å². The van der Waals surface area contributed by atoms with Crippen molar-refractivity contribution in [1.82, 2.24) is 0 Å². The molecule has 0 radical (unpaired) electrons. The molecule has 0 spiro atoms. The minimum Gasteiger partial charge on any atom is -0.482 e. The molecule has 3 heterocycles. The number of alkyl halides is 2. The number of halogens is 3. The van der Waals surface area contributed by atoms with Gasteiger partial charge in [0.1, 0.15) is 11.4 Å². The fourth-order valence-corrected chi connectivity index (χ4v) is 4.77. The van der Waals surface area contributed by atoms with Gasteiger partial charge in [-0.1, -0.05) is 30.7 Å². The van der Waals surface area contributed by atoms with E-state index in [0.717, 1.165) is 5.56 Å². The minimum atomic E-state index is -3.71. The highest BCUT2D eigenvalue weighted by molar-refractivity contribution is 6.66. The maximum absolute atomic E-state index is 13.8. The summed E-state index contributed by atoms with van der Waals surface area (Å²) in [5.41, 5.74) is 0.0288. The molecule has 0 N–H and O–H groups in total. The highest BCUT2D eigenvalue weighted by Gasteiger charge is 2.55. The Kier molecular flexibility index (Phi) is 4.60. The van der Waals surface area contributed by atoms with Crippen LogP contribution in [0.25, 0.3) is 0 Å². The predicted molar refractivity (Wildman–Crippen MR) is 116 cm³/mol. The number of hydrogen-bond donors (Lipinski definition) is 0. The lowest BCUT2D eigenvalue weighted by atomic mass is 9.73. The fraction of sp³-hybridized carbons (Fsp3) is 0.478. The summed E-state index contributed by atoms with van der Waals surface area (Å²) in [5.74, 6) is 0.601. The van der Waals surface area contributed by atoms with Crippen LogP contribution in [0.5, 0.6) is 17.2 Å². The average molecular weight is 465 g/mol. The molecule has 1 atom stereocenters. The van der Waals surface area contributed by atoms with Crippen molar-refractivity contribution >= 4 is 24.2 Å². The Morgan fingerprint density at radius 2 is 1.62 bits per heavy atom. The van der Waals surface area contributed by atoms with E-state index >= 15 is 0 Å². The van der Waals surface area contributed by atoms with Crippen LogP contribution >= 0.6 is 11.6 Å². The first-order chi connectivity index (χ1) is 14.9. The molecule has 0 aliphatic carbocycles. The molecule has 5 rings (SSSR count). The summed E-state index contributed by atoms with van der Waals surface area (Å²) in [6.07, 6.45) is -2.81. The van der Waals surface area contributed by atoms with E-state index in [0.29, 0.717) is 34.6 Å². The second-order valence-corrected chi connectivity index (χ2v) is 9.86. The van der Waals surface area contributed by atoms with Gasteiger partial charge in [-0.3, -0.25) is 0 Å². The standard InChI is InChI=1S/C23H24BClF2O5/c1-6-22(14-8-7-9-17-19(14)30-23(26,27)29-17)12-13-16(28-22)11-10-15(25)18(13)24-31-20(2,3)21(4,5)32-24/h7-11H,6,12H2,1-5H3. The van der Waals surface area contributed by atoms with Crippen molar-refractivity contribution in [3.05, 3.63) is 46.5 Å². The van der Waals surface area contributed by atoms with Crippen molar-refractivity contribution in [2.24, 2.45) is 0 Å². The molecule has 1 saturated heterocycles. The number of fused-ring (bicyclic) bond motifs is 2. The molecule has 1 fully saturated rings. The fourth-order valence-electron chi connectivity index (χ4n) is 4.51. The van der Waals surface area contributed by atoms with Gasteiger partial charge in [-0.2, -0.15) is 0 Å². The van der Waals surface area contributed by atoms with Gasteiger partial charge in [0.05, 0.1) is 11.2 Å². The van der Waals surface area contributed by atoms with Crippen molar-refractivity contribution < 1.29 is 32.3 Å². The van der Waals surface area contributed by atoms with Crippen LogP contribution in [0.4, 0.5) is 8.78 Å². The zero-order chi connectivity index (χ0) is 23.1. The molecule has 0 amide bonds. The van der Waals surface area contributed by atoms with Gasteiger partial charge in [0, 0.05) is 22.5 Å². The molecular formula is C23H24BClF2O5. The van der Waals surface area contributed by atoms with Crippen LogP contribution in [0.15, 0.2) is 30.3 Å². The zero-order valence-corrected chi connectivity index (χ0v) is 19.3. The van der Waals surface area contributed by atoms with Gasteiger partial charge in [-0.15, -0.1) is 8.78 Å². The van der Waals surface area contributed by atoms with Crippen LogP contribution < -0.4 is 19.7 Å². The Morgan fingerprint density at radius 3 is 2.28 bits per heavy atom. The maximum Gasteiger partial charge on any atom is 0.586 e. The summed E-state index contributed by atoms with van der Waals surface area (Å²) >= 11 is 6.63. The molecule has 2 aromatic carbocycles. The van der Waals surface area contributed by atoms with Gasteiger partial charge in [0.15, 0.2) is 11.5 Å². The van der Waals surface area contributed by atoms with Crippen molar-refractivity contribution in [1.29, 1.82) is 0 Å². The number of rotatable bonds is 3. The zero-order valence-electron chi connectivity index (χ0n) is 18.6. The molecule has 0 aromatic heterocycles. The first kappa shape index (κ1) is 21.8. The third kappa shape index (κ3) is 3.10. The van der Waals surface area contributed by atoms with Crippen LogP contribution in [-0.2, 0) is 21.3 Å². The second kappa shape index (κ2) is 6.75. The van der Waals surface area contributed by atoms with Crippen LogP contribution in [0, 0.1) is 0 Å². The van der Waals surface area contributed by atoms with Crippen molar-refractivity contribution in [2.45, 2.75) is 70.6 Å². The summed E-state index contributed by atoms with van der Waals surface area (Å²) in [4.78, 5) is 0. The van der Waals surface area contributed by atoms with Crippen molar-refractivity contribution in [2.75, 3.05) is 0 Å². The molecule has 1 unspecified atom stereocenters. The lowest BCUT2D eigenvalue weighted by Gasteiger charge is -2.32. The Balaban J connectivity index is 1.58. The topological polar surface area (TPSA) is 46.2 Å². The van der Waals surface area contributed by atoms with E-state index in [2.05, 4.69) is 4.74 Å². The van der Waals surface area contributed by atoms with E-state index < -0.39 is 30.2 Å². The normalized spacial score (nSPS) is 26.2. The lowest BCUT2D eigenvalue weighted by Crippen LogP contribution is -2.41. The molecule has 5 nitrogen and oxygen atoms in total. The molecule has 3 aliphatic rings. The van der Waals surface area contributed by atoms with Gasteiger partial charge in [0.2, 0.25) is 0 Å². The third-order valence-corrected chi connectivity index (χ3v) is 7.34. The highest BCUT2D eigenvalue weighted by atomic mass is 35.5. The first-order valence-corrected chi connectivity index (χ1v) is 11.0. The van der Waals surface area contributed by atoms with Crippen LogP contribution in [0.3, 0.4) is 0 Å². The summed E-state index contributed by atoms with van der Waals surface area (Å²) in [6.45, 7) is 9.84. The van der Waals surface area contributed by atoms with E-state index in [9.17, 15) is 8.78 Å². The van der Waals surface area contributed by atoms with Crippen molar-refractivity contribution in [3.63, 3.8) is 0 Å². The Morgan fingerprint density at radius 1 is 0.938 bits per heavy atom. The van der Waals surface area contributed by atoms with Gasteiger partial charge in [0.25, 0.3) is 0 Å². The van der Waals surface area contributed by atoms with Crippen LogP contribution in [0.2, 0.25) is 5.02 Å². The molecule has 32 heavy (non-hydrogen) atoms. The second-order valence-electron chi connectivity index (χ2n) is 9.45. The highest BCUT2D eigenvalue weighted by Crippen LogP contribution is 2.52. The van der Waals surface area contributed by atoms with E-state index in [-0.39, 0.29) is 11.5 Å². The minimum absolute atomic E-state index is 0.00423. The molecule has 0 bridgehead atoms. The number of benzene rings is 2. The molecular weight excluding hydrogens is 441 g/mol.